The van der Waals surface area contributed by atoms with Gasteiger partial charge < -0.3 is 20.0 Å². The Morgan fingerprint density at radius 1 is 1.50 bits per heavy atom. The van der Waals surface area contributed by atoms with Gasteiger partial charge in [0.2, 0.25) is 0 Å². The van der Waals surface area contributed by atoms with E-state index in [0.29, 0.717) is 0 Å². The molecule has 0 spiro atoms. The first kappa shape index (κ1) is 13.9. The van der Waals surface area contributed by atoms with Crippen molar-refractivity contribution >= 4 is 45.3 Å². The summed E-state index contributed by atoms with van der Waals surface area (Å²) in [4.78, 5) is 16.6. The average molecular weight is 196 g/mol. The molecule has 4 N–H and O–H groups in total. The molecule has 0 saturated carbocycles. The van der Waals surface area contributed by atoms with E-state index in [1.807, 2.05) is 0 Å². The average Bonchev–Trinajstić information content (AvgIpc) is 2.13. The van der Waals surface area contributed by atoms with E-state index in [0.717, 1.165) is 0 Å². The normalized spacial score (nSPS) is 29.9. The Balaban J connectivity index is 0. The molecule has 1 saturated heterocycles. The minimum atomic E-state index is -3.90. The van der Waals surface area contributed by atoms with E-state index in [-0.39, 0.29) is 49.3 Å². The van der Waals surface area contributed by atoms with E-state index >= 15 is 0 Å². The maximum Gasteiger partial charge on any atom is 2.00 e. The third kappa shape index (κ3) is 3.64. The van der Waals surface area contributed by atoms with Crippen molar-refractivity contribution in [3.8, 4) is 0 Å². The second kappa shape index (κ2) is 4.38. The predicted octanol–water partition coefficient (Wildman–Crippen LogP) is -1.30. The Labute approximate surface area is 88.2 Å². The fourth-order valence-corrected chi connectivity index (χ4v) is 1.42. The molecule has 0 radical (unpaired) electrons. The Hall–Kier alpha value is 1.33. The monoisotopic (exact) mass is 196 g/mol. The summed E-state index contributed by atoms with van der Waals surface area (Å²) < 4.78 is 14.7. The SMILES string of the molecule is C[C@@H]1O[C@@H]1P(=O)(O)O.O.[Ca+2]. The first-order valence-corrected chi connectivity index (χ1v) is 3.90. The van der Waals surface area contributed by atoms with Gasteiger partial charge in [-0.25, -0.2) is 0 Å². The molecule has 1 fully saturated rings. The van der Waals surface area contributed by atoms with Crippen LogP contribution in [0.25, 0.3) is 0 Å². The molecule has 0 unspecified atom stereocenters. The molecule has 2 atom stereocenters. The first-order chi connectivity index (χ1) is 3.52. The van der Waals surface area contributed by atoms with Crippen LogP contribution in [0, 0.1) is 0 Å². The molecule has 0 aliphatic carbocycles. The van der Waals surface area contributed by atoms with Gasteiger partial charge in [-0.05, 0) is 6.92 Å². The Morgan fingerprint density at radius 2 is 1.80 bits per heavy atom. The van der Waals surface area contributed by atoms with Crippen molar-refractivity contribution in [3.63, 3.8) is 0 Å². The maximum absolute atomic E-state index is 10.2. The van der Waals surface area contributed by atoms with Crippen LogP contribution in [0.2, 0.25) is 0 Å². The molecular weight excluding hydrogens is 187 g/mol. The Kier molecular flexibility index (Phi) is 6.08. The van der Waals surface area contributed by atoms with Gasteiger partial charge in [-0.2, -0.15) is 0 Å². The van der Waals surface area contributed by atoms with E-state index in [4.69, 9.17) is 9.79 Å². The number of epoxide rings is 1. The molecule has 10 heavy (non-hydrogen) atoms. The third-order valence-corrected chi connectivity index (χ3v) is 2.22. The standard InChI is InChI=1S/C3H7O4P.Ca.H2O/c1-2-3(7-2)8(4,5)6;;/h2-3H,1H3,(H2,4,5,6);;1H2/q;+2;/t2-,3+;;/m0../s1. The van der Waals surface area contributed by atoms with Crippen LogP contribution in [-0.4, -0.2) is 65.0 Å². The van der Waals surface area contributed by atoms with Gasteiger partial charge in [-0.3, -0.25) is 4.57 Å². The summed E-state index contributed by atoms with van der Waals surface area (Å²) in [7, 11) is -3.90. The topological polar surface area (TPSA) is 102 Å². The van der Waals surface area contributed by atoms with E-state index in [1.165, 1.54) is 0 Å². The number of hydrogen-bond donors (Lipinski definition) is 2. The summed E-state index contributed by atoms with van der Waals surface area (Å²) in [5.41, 5.74) is 0. The van der Waals surface area contributed by atoms with Crippen molar-refractivity contribution in [1.29, 1.82) is 0 Å². The summed E-state index contributed by atoms with van der Waals surface area (Å²) in [6.45, 7) is 1.63. The van der Waals surface area contributed by atoms with Gasteiger partial charge in [0.05, 0.1) is 6.10 Å². The molecule has 1 rings (SSSR count). The molecule has 56 valence electrons. The van der Waals surface area contributed by atoms with Gasteiger partial charge in [-0.15, -0.1) is 0 Å². The summed E-state index contributed by atoms with van der Waals surface area (Å²) in [6.07, 6.45) is -0.254. The van der Waals surface area contributed by atoms with Gasteiger partial charge >= 0.3 is 45.3 Å². The summed E-state index contributed by atoms with van der Waals surface area (Å²) in [6, 6.07) is 0. The second-order valence-corrected chi connectivity index (χ2v) is 3.51. The van der Waals surface area contributed by atoms with Gasteiger partial charge in [0.25, 0.3) is 0 Å². The predicted molar refractivity (Wildman–Crippen MR) is 35.7 cm³/mol. The van der Waals surface area contributed by atoms with Crippen molar-refractivity contribution in [2.24, 2.45) is 0 Å². The molecule has 0 aromatic heterocycles. The van der Waals surface area contributed by atoms with Gasteiger partial charge in [0.1, 0.15) is 0 Å². The Morgan fingerprint density at radius 3 is 1.80 bits per heavy atom. The summed E-state index contributed by atoms with van der Waals surface area (Å²) in [5, 5.41) is 0. The zero-order valence-corrected chi connectivity index (χ0v) is 8.62. The molecule has 0 bridgehead atoms. The van der Waals surface area contributed by atoms with E-state index in [9.17, 15) is 4.57 Å². The molecule has 0 aromatic carbocycles. The minimum absolute atomic E-state index is 0. The van der Waals surface area contributed by atoms with Crippen molar-refractivity contribution in [3.05, 3.63) is 0 Å². The molecule has 1 aliphatic rings. The van der Waals surface area contributed by atoms with Crippen LogP contribution in [0.5, 0.6) is 0 Å². The molecule has 1 aliphatic heterocycles. The minimum Gasteiger partial charge on any atom is -0.412 e. The zero-order chi connectivity index (χ0) is 6.36. The van der Waals surface area contributed by atoms with Crippen LogP contribution in [0.1, 0.15) is 6.92 Å². The van der Waals surface area contributed by atoms with Crippen molar-refractivity contribution in [2.45, 2.75) is 18.9 Å². The van der Waals surface area contributed by atoms with Gasteiger partial charge in [-0.1, -0.05) is 0 Å². The summed E-state index contributed by atoms with van der Waals surface area (Å²) >= 11 is 0. The van der Waals surface area contributed by atoms with E-state index in [1.54, 1.807) is 6.92 Å². The fraction of sp³-hybridized carbons (Fsp3) is 1.00. The van der Waals surface area contributed by atoms with Gasteiger partial charge in [0.15, 0.2) is 5.85 Å². The van der Waals surface area contributed by atoms with Gasteiger partial charge in [0, 0.05) is 0 Å². The molecule has 0 amide bonds. The van der Waals surface area contributed by atoms with Crippen LogP contribution >= 0.6 is 7.60 Å². The molecule has 7 heteroatoms. The largest absolute Gasteiger partial charge is 2.00 e. The third-order valence-electron chi connectivity index (χ3n) is 1.01. The van der Waals surface area contributed by atoms with Crippen LogP contribution < -0.4 is 0 Å². The van der Waals surface area contributed by atoms with Crippen LogP contribution in [0.4, 0.5) is 0 Å². The van der Waals surface area contributed by atoms with Crippen LogP contribution in [-0.2, 0) is 9.30 Å². The smallest absolute Gasteiger partial charge is 0.412 e. The number of ether oxygens (including phenoxy) is 1. The van der Waals surface area contributed by atoms with E-state index in [2.05, 4.69) is 4.74 Å². The van der Waals surface area contributed by atoms with Crippen molar-refractivity contribution in [1.82, 2.24) is 0 Å². The fourth-order valence-electron chi connectivity index (χ4n) is 0.527. The molecule has 5 nitrogen and oxygen atoms in total. The molecule has 0 aromatic rings. The van der Waals surface area contributed by atoms with E-state index < -0.39 is 13.4 Å². The molecule has 1 heterocycles. The quantitative estimate of drug-likeness (QED) is 0.309. The van der Waals surface area contributed by atoms with Crippen molar-refractivity contribution in [2.75, 3.05) is 0 Å². The molecular formula is C3H9CaO5P+2. The van der Waals surface area contributed by atoms with Crippen LogP contribution in [0.3, 0.4) is 0 Å². The Bertz CT molecular complexity index is 144. The van der Waals surface area contributed by atoms with Crippen LogP contribution in [0.15, 0.2) is 0 Å². The summed E-state index contributed by atoms with van der Waals surface area (Å²) in [5.74, 6) is -0.817. The second-order valence-electron chi connectivity index (χ2n) is 1.82. The first-order valence-electron chi connectivity index (χ1n) is 2.22. The number of hydrogen-bond acceptors (Lipinski definition) is 2. The zero-order valence-electron chi connectivity index (χ0n) is 5.52. The number of rotatable bonds is 1. The maximum atomic E-state index is 10.2. The van der Waals surface area contributed by atoms with Crippen molar-refractivity contribution < 1.29 is 24.6 Å².